The third-order valence-electron chi connectivity index (χ3n) is 4.22. The van der Waals surface area contributed by atoms with Gasteiger partial charge in [0.25, 0.3) is 0 Å². The summed E-state index contributed by atoms with van der Waals surface area (Å²) in [5, 5.41) is 3.45. The van der Waals surface area contributed by atoms with Crippen molar-refractivity contribution in [1.82, 2.24) is 9.80 Å². The monoisotopic (exact) mass is 337 g/mol. The summed E-state index contributed by atoms with van der Waals surface area (Å²) in [6, 6.07) is 6.32. The molecule has 124 valence electrons. The van der Waals surface area contributed by atoms with E-state index in [0.717, 1.165) is 6.42 Å². The quantitative estimate of drug-likeness (QED) is 0.900. The molecule has 0 bridgehead atoms. The summed E-state index contributed by atoms with van der Waals surface area (Å²) in [7, 11) is 0. The maximum Gasteiger partial charge on any atom is 0.322 e. The SMILES string of the molecule is O=C([C@H]1CCCN1C(=O)Nc1ccc(Cl)cc1)N1CCOCC1. The number of morpholine rings is 1. The number of benzene rings is 1. The smallest absolute Gasteiger partial charge is 0.322 e. The number of amides is 3. The number of hydrogen-bond donors (Lipinski definition) is 1. The van der Waals surface area contributed by atoms with Crippen LogP contribution in [0, 0.1) is 0 Å². The van der Waals surface area contributed by atoms with E-state index in [4.69, 9.17) is 16.3 Å². The molecule has 0 aromatic heterocycles. The number of urea groups is 1. The van der Waals surface area contributed by atoms with Crippen molar-refractivity contribution in [2.24, 2.45) is 0 Å². The number of halogens is 1. The zero-order chi connectivity index (χ0) is 16.2. The van der Waals surface area contributed by atoms with Crippen LogP contribution in [0.2, 0.25) is 5.02 Å². The van der Waals surface area contributed by atoms with Gasteiger partial charge in [-0.3, -0.25) is 4.79 Å². The summed E-state index contributed by atoms with van der Waals surface area (Å²) in [6.07, 6.45) is 1.55. The average Bonchev–Trinajstić information content (AvgIpc) is 3.07. The molecule has 0 unspecified atom stereocenters. The number of nitrogens with zero attached hydrogens (tertiary/aromatic N) is 2. The van der Waals surface area contributed by atoms with Gasteiger partial charge in [-0.15, -0.1) is 0 Å². The lowest BCUT2D eigenvalue weighted by Gasteiger charge is -2.32. The van der Waals surface area contributed by atoms with Crippen LogP contribution in [0.15, 0.2) is 24.3 Å². The molecule has 1 aromatic carbocycles. The molecule has 2 aliphatic heterocycles. The zero-order valence-electron chi connectivity index (χ0n) is 12.8. The molecule has 0 aliphatic carbocycles. The first kappa shape index (κ1) is 16.1. The summed E-state index contributed by atoms with van der Waals surface area (Å²) in [5.41, 5.74) is 0.670. The van der Waals surface area contributed by atoms with Crippen molar-refractivity contribution >= 4 is 29.2 Å². The van der Waals surface area contributed by atoms with Crippen LogP contribution in [0.3, 0.4) is 0 Å². The summed E-state index contributed by atoms with van der Waals surface area (Å²) in [5.74, 6) is 0.0251. The Balaban J connectivity index is 1.64. The van der Waals surface area contributed by atoms with Crippen molar-refractivity contribution in [3.05, 3.63) is 29.3 Å². The van der Waals surface area contributed by atoms with Gasteiger partial charge in [0.05, 0.1) is 13.2 Å². The predicted molar refractivity (Wildman–Crippen MR) is 87.6 cm³/mol. The molecule has 3 amide bonds. The van der Waals surface area contributed by atoms with Gasteiger partial charge in [-0.25, -0.2) is 4.79 Å². The number of ether oxygens (including phenoxy) is 1. The van der Waals surface area contributed by atoms with E-state index in [1.54, 1.807) is 34.1 Å². The molecule has 0 radical (unpaired) electrons. The van der Waals surface area contributed by atoms with E-state index in [0.29, 0.717) is 50.0 Å². The number of nitrogens with one attached hydrogen (secondary N) is 1. The first-order valence-electron chi connectivity index (χ1n) is 7.85. The minimum atomic E-state index is -0.375. The molecule has 1 aromatic rings. The highest BCUT2D eigenvalue weighted by atomic mass is 35.5. The molecule has 2 fully saturated rings. The average molecular weight is 338 g/mol. The van der Waals surface area contributed by atoms with Crippen LogP contribution in [0.4, 0.5) is 10.5 Å². The molecular weight excluding hydrogens is 318 g/mol. The normalized spacial score (nSPS) is 21.3. The fourth-order valence-electron chi connectivity index (χ4n) is 2.99. The van der Waals surface area contributed by atoms with Crippen molar-refractivity contribution in [3.63, 3.8) is 0 Å². The third kappa shape index (κ3) is 3.76. The van der Waals surface area contributed by atoms with E-state index in [9.17, 15) is 9.59 Å². The van der Waals surface area contributed by atoms with Gasteiger partial charge in [0.1, 0.15) is 6.04 Å². The lowest BCUT2D eigenvalue weighted by atomic mass is 10.2. The Morgan fingerprint density at radius 3 is 2.52 bits per heavy atom. The maximum atomic E-state index is 12.6. The van der Waals surface area contributed by atoms with E-state index < -0.39 is 0 Å². The third-order valence-corrected chi connectivity index (χ3v) is 4.47. The Morgan fingerprint density at radius 1 is 1.13 bits per heavy atom. The van der Waals surface area contributed by atoms with Crippen molar-refractivity contribution in [3.8, 4) is 0 Å². The highest BCUT2D eigenvalue weighted by Crippen LogP contribution is 2.22. The molecule has 2 heterocycles. The van der Waals surface area contributed by atoms with Crippen LogP contribution in [-0.2, 0) is 9.53 Å². The van der Waals surface area contributed by atoms with Crippen LogP contribution >= 0.6 is 11.6 Å². The van der Waals surface area contributed by atoms with Gasteiger partial charge in [-0.1, -0.05) is 11.6 Å². The predicted octanol–water partition coefficient (Wildman–Crippen LogP) is 2.20. The number of likely N-dealkylation sites (tertiary alicyclic amines) is 1. The number of carbonyl (C=O) groups is 2. The van der Waals surface area contributed by atoms with Crippen LogP contribution in [0.25, 0.3) is 0 Å². The second-order valence-corrected chi connectivity index (χ2v) is 6.16. The molecule has 2 aliphatic rings. The summed E-state index contributed by atoms with van der Waals surface area (Å²) < 4.78 is 5.28. The first-order chi connectivity index (χ1) is 11.1. The minimum absolute atomic E-state index is 0.0251. The summed E-state index contributed by atoms with van der Waals surface area (Å²) >= 11 is 5.84. The maximum absolute atomic E-state index is 12.6. The molecule has 2 saturated heterocycles. The molecule has 6 nitrogen and oxygen atoms in total. The second-order valence-electron chi connectivity index (χ2n) is 5.73. The second kappa shape index (κ2) is 7.19. The van der Waals surface area contributed by atoms with Gasteiger partial charge in [0.2, 0.25) is 5.91 Å². The standard InChI is InChI=1S/C16H20ClN3O3/c17-12-3-5-13(6-4-12)18-16(22)20-7-1-2-14(20)15(21)19-8-10-23-11-9-19/h3-6,14H,1-2,7-11H2,(H,18,22)/t14-/m1/s1. The van der Waals surface area contributed by atoms with E-state index in [-0.39, 0.29) is 18.0 Å². The Bertz CT molecular complexity index is 572. The van der Waals surface area contributed by atoms with Gasteiger partial charge >= 0.3 is 6.03 Å². The van der Waals surface area contributed by atoms with Gasteiger partial charge in [-0.2, -0.15) is 0 Å². The van der Waals surface area contributed by atoms with Crippen LogP contribution < -0.4 is 5.32 Å². The highest BCUT2D eigenvalue weighted by molar-refractivity contribution is 6.30. The number of anilines is 1. The molecule has 7 heteroatoms. The van der Waals surface area contributed by atoms with Gasteiger partial charge in [0, 0.05) is 30.3 Å². The lowest BCUT2D eigenvalue weighted by molar-refractivity contribution is -0.139. The van der Waals surface area contributed by atoms with E-state index >= 15 is 0 Å². The van der Waals surface area contributed by atoms with Gasteiger partial charge < -0.3 is 19.9 Å². The number of carbonyl (C=O) groups excluding carboxylic acids is 2. The Morgan fingerprint density at radius 2 is 1.83 bits per heavy atom. The van der Waals surface area contributed by atoms with Gasteiger partial charge in [-0.05, 0) is 37.1 Å². The topological polar surface area (TPSA) is 61.9 Å². The van der Waals surface area contributed by atoms with Crippen molar-refractivity contribution in [2.45, 2.75) is 18.9 Å². The fraction of sp³-hybridized carbons (Fsp3) is 0.500. The molecule has 0 spiro atoms. The fourth-order valence-corrected chi connectivity index (χ4v) is 3.12. The van der Waals surface area contributed by atoms with Crippen LogP contribution in [0.5, 0.6) is 0 Å². The lowest BCUT2D eigenvalue weighted by Crippen LogP contribution is -2.51. The van der Waals surface area contributed by atoms with E-state index in [2.05, 4.69) is 5.32 Å². The molecule has 23 heavy (non-hydrogen) atoms. The van der Waals surface area contributed by atoms with E-state index in [1.807, 2.05) is 0 Å². The van der Waals surface area contributed by atoms with Crippen LogP contribution in [0.1, 0.15) is 12.8 Å². The zero-order valence-corrected chi connectivity index (χ0v) is 13.6. The molecule has 1 N–H and O–H groups in total. The highest BCUT2D eigenvalue weighted by Gasteiger charge is 2.36. The number of hydrogen-bond acceptors (Lipinski definition) is 3. The van der Waals surface area contributed by atoms with Crippen molar-refractivity contribution < 1.29 is 14.3 Å². The molecular formula is C16H20ClN3O3. The van der Waals surface area contributed by atoms with Crippen molar-refractivity contribution in [2.75, 3.05) is 38.2 Å². The van der Waals surface area contributed by atoms with Gasteiger partial charge in [0.15, 0.2) is 0 Å². The number of rotatable bonds is 2. The molecule has 3 rings (SSSR count). The molecule has 1 atom stereocenters. The Kier molecular flexibility index (Phi) is 5.03. The minimum Gasteiger partial charge on any atom is -0.378 e. The van der Waals surface area contributed by atoms with Crippen molar-refractivity contribution in [1.29, 1.82) is 0 Å². The Hall–Kier alpha value is -1.79. The first-order valence-corrected chi connectivity index (χ1v) is 8.22. The largest absolute Gasteiger partial charge is 0.378 e. The Labute approximate surface area is 140 Å². The van der Waals surface area contributed by atoms with E-state index in [1.165, 1.54) is 0 Å². The summed E-state index contributed by atoms with van der Waals surface area (Å²) in [4.78, 5) is 28.6. The summed E-state index contributed by atoms with van der Waals surface area (Å²) in [6.45, 7) is 2.93. The van der Waals surface area contributed by atoms with Crippen LogP contribution in [-0.4, -0.2) is 60.6 Å². The molecule has 0 saturated carbocycles.